The molecule has 0 bridgehead atoms. The predicted molar refractivity (Wildman–Crippen MR) is 282 cm³/mol. The van der Waals surface area contributed by atoms with Gasteiger partial charge in [-0.3, -0.25) is 28.7 Å². The Hall–Kier alpha value is -5.30. The van der Waals surface area contributed by atoms with Gasteiger partial charge in [0, 0.05) is 24.9 Å². The lowest BCUT2D eigenvalue weighted by atomic mass is 10.0. The largest absolute Gasteiger partial charge is 0.479 e. The molecule has 4 heterocycles. The number of nitrogens with one attached hydrogen (secondary N) is 5. The first-order chi connectivity index (χ1) is 36.0. The summed E-state index contributed by atoms with van der Waals surface area (Å²) in [6.07, 6.45) is 19.0. The Kier molecular flexibility index (Phi) is 19.6. The molecule has 25 heteroatoms. The molecule has 0 spiro atoms. The van der Waals surface area contributed by atoms with Crippen LogP contribution in [0.2, 0.25) is 0 Å². The predicted octanol–water partition coefficient (Wildman–Crippen LogP) is 3.66. The Morgan fingerprint density at radius 1 is 0.610 bits per heavy atom. The lowest BCUT2D eigenvalue weighted by molar-refractivity contribution is -0.145. The maximum atomic E-state index is 13.6. The van der Waals surface area contributed by atoms with Crippen molar-refractivity contribution < 1.29 is 69.8 Å². The third kappa shape index (κ3) is 17.1. The van der Waals surface area contributed by atoms with Gasteiger partial charge in [-0.1, -0.05) is 50.0 Å². The molecule has 0 aromatic carbocycles. The van der Waals surface area contributed by atoms with E-state index in [4.69, 9.17) is 14.6 Å². The Bertz CT molecular complexity index is 2520. The Balaban J connectivity index is 0.000000223. The average Bonchev–Trinajstić information content (AvgIpc) is 4.18. The molecule has 23 nitrogen and oxygen atoms in total. The number of fused-ring (bicyclic) bond motifs is 4. The number of ether oxygens (including phenoxy) is 2. The first kappa shape index (κ1) is 60.9. The number of aliphatic carboxylic acids is 1. The summed E-state index contributed by atoms with van der Waals surface area (Å²) in [6, 6.07) is -3.18. The number of nitrogens with zero attached hydrogens (tertiary/aromatic N) is 2. The molecule has 4 aliphatic heterocycles. The SMILES string of the molecule is CC(C)(C)OC(=O)N[C@H]1CCCCC/C=C\[C@@H]2C[C@@]2(C(=O)NS(=O)(=O)C2CC2)NC(=O)[C@@H]2CCCN2C1=O.CC(C)(C)OC(=O)N[C@H]1CCCCC/C=C\[C@@H]2C[C@@]2(C(=O)O)NC(=O)[C@@H]2CCCN2C1=O.NS(=O)(=O)C1CC1. The number of primary sulfonamides is 1. The van der Waals surface area contributed by atoms with Gasteiger partial charge in [0.25, 0.3) is 5.91 Å². The van der Waals surface area contributed by atoms with Crippen LogP contribution in [0.5, 0.6) is 0 Å². The van der Waals surface area contributed by atoms with E-state index in [1.54, 1.807) is 41.5 Å². The second-order valence-corrected chi connectivity index (χ2v) is 27.5. The number of allylic oxidation sites excluding steroid dienone is 2. The van der Waals surface area contributed by atoms with Gasteiger partial charge in [-0.05, 0) is 144 Å². The summed E-state index contributed by atoms with van der Waals surface area (Å²) in [7, 11) is -6.91. The van der Waals surface area contributed by atoms with Crippen LogP contribution < -0.4 is 31.1 Å². The van der Waals surface area contributed by atoms with Crippen molar-refractivity contribution >= 4 is 67.7 Å². The number of hydrogen-bond donors (Lipinski definition) is 7. The molecule has 0 aromatic rings. The van der Waals surface area contributed by atoms with Crippen molar-refractivity contribution in [3.63, 3.8) is 0 Å². The summed E-state index contributed by atoms with van der Waals surface area (Å²) in [5.74, 6) is -3.94. The third-order valence-electron chi connectivity index (χ3n) is 14.8. The van der Waals surface area contributed by atoms with Crippen molar-refractivity contribution in [1.82, 2.24) is 35.8 Å². The standard InChI is InChI=1S/C26H40N4O7S.C23H35N3O6.C3H7NO2S/c1-25(2,3)37-24(34)27-19-11-8-6-4-5-7-10-17-16-26(17,23(33)29-38(35,36)18-13-14-18)28-21(31)20-12-9-15-30(20)22(19)32;1-22(2,3)32-21(31)24-16-11-8-6-4-5-7-10-15-14-23(15,20(29)30)25-18(27)17-12-9-13-26(17)19(16)28;4-7(5,6)3-1-2-3/h7,10,17-20H,4-6,8-9,11-16H2,1-3H3,(H,27,34)(H,28,31)(H,29,33);7,10,15-17H,4-6,8-9,11-14H2,1-3H3,(H,24,31)(H,25,27)(H,29,30);3H,1-2H2,(H2,4,5,6)/b2*10-7-;/t17-,19+,20+,26-;15-,16+,17+,23-;/m11./s1. The maximum Gasteiger partial charge on any atom is 0.408 e. The fourth-order valence-corrected chi connectivity index (χ4v) is 12.3. The average molecular weight is 1120 g/mol. The Morgan fingerprint density at radius 2 is 1.03 bits per heavy atom. The van der Waals surface area contributed by atoms with Crippen LogP contribution in [0, 0.1) is 11.8 Å². The number of nitrogens with two attached hydrogens (primary N) is 1. The van der Waals surface area contributed by atoms with E-state index in [-0.39, 0.29) is 28.9 Å². The van der Waals surface area contributed by atoms with Crippen molar-refractivity contribution in [2.24, 2.45) is 17.0 Å². The molecule has 4 saturated carbocycles. The summed E-state index contributed by atoms with van der Waals surface area (Å²) < 4.78 is 58.2. The first-order valence-corrected chi connectivity index (χ1v) is 30.5. The van der Waals surface area contributed by atoms with E-state index in [1.165, 1.54) is 9.80 Å². The maximum absolute atomic E-state index is 13.6. The zero-order valence-corrected chi connectivity index (χ0v) is 47.1. The summed E-state index contributed by atoms with van der Waals surface area (Å²) in [6.45, 7) is 11.2. The van der Waals surface area contributed by atoms with Gasteiger partial charge in [-0.2, -0.15) is 0 Å². The zero-order chi connectivity index (χ0) is 56.7. The van der Waals surface area contributed by atoms with Crippen molar-refractivity contribution in [3.05, 3.63) is 24.3 Å². The zero-order valence-electron chi connectivity index (χ0n) is 45.4. The minimum absolute atomic E-state index is 0.201. The van der Waals surface area contributed by atoms with Gasteiger partial charge >= 0.3 is 18.2 Å². The number of amides is 7. The number of rotatable bonds is 7. The van der Waals surface area contributed by atoms with Crippen LogP contribution in [-0.4, -0.2) is 149 Å². The molecule has 8 rings (SSSR count). The normalized spacial score (nSPS) is 31.1. The number of carboxylic acids is 1. The molecule has 7 amide bonds. The molecule has 0 aromatic heterocycles. The van der Waals surface area contributed by atoms with Crippen molar-refractivity contribution in [3.8, 4) is 0 Å². The highest BCUT2D eigenvalue weighted by molar-refractivity contribution is 7.91. The number of sulfonamides is 2. The van der Waals surface area contributed by atoms with Crippen LogP contribution in [0.4, 0.5) is 9.59 Å². The molecule has 8 atom stereocenters. The molecule has 0 unspecified atom stereocenters. The van der Waals surface area contributed by atoms with Crippen LogP contribution in [0.25, 0.3) is 0 Å². The van der Waals surface area contributed by atoms with E-state index in [0.717, 1.165) is 57.8 Å². The van der Waals surface area contributed by atoms with E-state index in [2.05, 4.69) is 26.0 Å². The van der Waals surface area contributed by atoms with Crippen molar-refractivity contribution in [2.45, 2.75) is 227 Å². The monoisotopic (exact) mass is 1120 g/mol. The van der Waals surface area contributed by atoms with Crippen LogP contribution in [-0.2, 0) is 58.3 Å². The van der Waals surface area contributed by atoms with Gasteiger partial charge < -0.3 is 45.6 Å². The Labute approximate surface area is 452 Å². The second-order valence-electron chi connectivity index (χ2n) is 23.7. The van der Waals surface area contributed by atoms with Gasteiger partial charge in [0.1, 0.15) is 46.4 Å². The number of alkyl carbamates (subject to hydrolysis) is 2. The smallest absolute Gasteiger partial charge is 0.408 e. The van der Waals surface area contributed by atoms with E-state index in [0.29, 0.717) is 83.7 Å². The van der Waals surface area contributed by atoms with Gasteiger partial charge in [0.15, 0.2) is 0 Å². The quantitative estimate of drug-likeness (QED) is 0.179. The number of carboxylic acid groups (broad SMARTS) is 1. The van der Waals surface area contributed by atoms with Crippen LogP contribution >= 0.6 is 0 Å². The molecule has 2 saturated heterocycles. The van der Waals surface area contributed by atoms with E-state index in [1.807, 2.05) is 24.3 Å². The molecule has 6 fully saturated rings. The fraction of sp³-hybridized carbons (Fsp3) is 0.769. The van der Waals surface area contributed by atoms with E-state index < -0.39 is 108 Å². The van der Waals surface area contributed by atoms with Gasteiger partial charge in [0.05, 0.1) is 10.5 Å². The molecule has 432 valence electrons. The summed E-state index contributed by atoms with van der Waals surface area (Å²) in [5.41, 5.74) is -4.07. The lowest BCUT2D eigenvalue weighted by Crippen LogP contribution is -2.58. The third-order valence-corrected chi connectivity index (χ3v) is 18.0. The topological polar surface area (TPSA) is 336 Å². The van der Waals surface area contributed by atoms with E-state index >= 15 is 0 Å². The number of hydrogen-bond acceptors (Lipinski definition) is 14. The lowest BCUT2D eigenvalue weighted by Gasteiger charge is -2.30. The van der Waals surface area contributed by atoms with Crippen molar-refractivity contribution in [1.29, 1.82) is 0 Å². The van der Waals surface area contributed by atoms with Gasteiger partial charge in [0.2, 0.25) is 43.7 Å². The summed E-state index contributed by atoms with van der Waals surface area (Å²) in [5, 5.41) is 24.6. The first-order valence-electron chi connectivity index (χ1n) is 27.3. The van der Waals surface area contributed by atoms with Crippen LogP contribution in [0.15, 0.2) is 24.3 Å². The molecule has 8 N–H and O–H groups in total. The molecule has 8 aliphatic rings. The van der Waals surface area contributed by atoms with Crippen LogP contribution in [0.3, 0.4) is 0 Å². The highest BCUT2D eigenvalue weighted by Crippen LogP contribution is 2.47. The highest BCUT2D eigenvalue weighted by Gasteiger charge is 2.63. The van der Waals surface area contributed by atoms with Crippen molar-refractivity contribution in [2.75, 3.05) is 13.1 Å². The van der Waals surface area contributed by atoms with E-state index in [9.17, 15) is 60.3 Å². The summed E-state index contributed by atoms with van der Waals surface area (Å²) in [4.78, 5) is 106. The minimum Gasteiger partial charge on any atom is -0.479 e. The van der Waals surface area contributed by atoms with Gasteiger partial charge in [-0.15, -0.1) is 0 Å². The molecular weight excluding hydrogens is 1040 g/mol. The molecule has 77 heavy (non-hydrogen) atoms. The Morgan fingerprint density at radius 3 is 1.42 bits per heavy atom. The van der Waals surface area contributed by atoms with Crippen LogP contribution in [0.1, 0.15) is 170 Å². The van der Waals surface area contributed by atoms with Gasteiger partial charge in [-0.25, -0.2) is 36.4 Å². The fourth-order valence-electron chi connectivity index (χ4n) is 10.1. The highest BCUT2D eigenvalue weighted by atomic mass is 32.2. The second kappa shape index (κ2) is 24.8. The molecular formula is C52H82N8O15S2. The molecule has 0 radical (unpaired) electrons. The summed E-state index contributed by atoms with van der Waals surface area (Å²) >= 11 is 0. The molecule has 4 aliphatic carbocycles. The number of carbonyl (C=O) groups excluding carboxylic acids is 7. The minimum atomic E-state index is -3.78. The number of carbonyl (C=O) groups is 8.